The van der Waals surface area contributed by atoms with E-state index in [1.807, 2.05) is 13.8 Å². The number of hydrogen-bond acceptors (Lipinski definition) is 11. The van der Waals surface area contributed by atoms with E-state index in [9.17, 15) is 15.3 Å². The van der Waals surface area contributed by atoms with Crippen molar-refractivity contribution < 1.29 is 53.2 Å². The average molecular weight is 623 g/mol. The predicted molar refractivity (Wildman–Crippen MR) is 155 cm³/mol. The SMILES string of the molecule is COCC1OC(OC2C3=C(C(C)C)CCC3(C)/C=C3\C(CCC3(O)COC)C(C)C2O)C(O)C2OC3OC12OC3(C)C1CO1. The molecule has 0 aromatic heterocycles. The Morgan fingerprint density at radius 2 is 1.82 bits per heavy atom. The van der Waals surface area contributed by atoms with Crippen LogP contribution in [0, 0.1) is 23.2 Å². The summed E-state index contributed by atoms with van der Waals surface area (Å²) in [4.78, 5) is 0. The van der Waals surface area contributed by atoms with Crippen molar-refractivity contribution in [3.63, 3.8) is 0 Å². The Bertz CT molecular complexity index is 1200. The van der Waals surface area contributed by atoms with Gasteiger partial charge in [-0.1, -0.05) is 39.3 Å². The van der Waals surface area contributed by atoms with E-state index in [4.69, 9.17) is 37.9 Å². The Morgan fingerprint density at radius 1 is 1.07 bits per heavy atom. The van der Waals surface area contributed by atoms with Gasteiger partial charge in [0.1, 0.15) is 41.7 Å². The first-order valence-corrected chi connectivity index (χ1v) is 16.3. The van der Waals surface area contributed by atoms with Crippen LogP contribution < -0.4 is 0 Å². The van der Waals surface area contributed by atoms with Gasteiger partial charge in [0.15, 0.2) is 12.6 Å². The van der Waals surface area contributed by atoms with Gasteiger partial charge in [0, 0.05) is 19.6 Å². The van der Waals surface area contributed by atoms with Gasteiger partial charge in [-0.05, 0) is 61.5 Å². The third-order valence-electron chi connectivity index (χ3n) is 11.7. The van der Waals surface area contributed by atoms with Crippen LogP contribution in [0.3, 0.4) is 0 Å². The second-order valence-electron chi connectivity index (χ2n) is 14.9. The van der Waals surface area contributed by atoms with Crippen molar-refractivity contribution in [3.8, 4) is 0 Å². The van der Waals surface area contributed by atoms with Crippen LogP contribution in [0.1, 0.15) is 60.3 Å². The van der Waals surface area contributed by atoms with Gasteiger partial charge < -0.3 is 53.2 Å². The number of aliphatic hydroxyl groups is 3. The highest BCUT2D eigenvalue weighted by Gasteiger charge is 2.77. The van der Waals surface area contributed by atoms with Gasteiger partial charge in [-0.15, -0.1) is 0 Å². The number of epoxide rings is 1. The Hall–Kier alpha value is -0.960. The van der Waals surface area contributed by atoms with E-state index in [1.54, 1.807) is 14.2 Å². The monoisotopic (exact) mass is 622 g/mol. The largest absolute Gasteiger partial charge is 0.390 e. The molecule has 248 valence electrons. The maximum absolute atomic E-state index is 12.2. The molecule has 1 spiro atoms. The van der Waals surface area contributed by atoms with Gasteiger partial charge >= 0.3 is 0 Å². The highest BCUT2D eigenvalue weighted by atomic mass is 16.9. The molecule has 14 atom stereocenters. The van der Waals surface area contributed by atoms with Crippen LogP contribution in [0.2, 0.25) is 0 Å². The number of hydrogen-bond donors (Lipinski definition) is 3. The van der Waals surface area contributed by atoms with Gasteiger partial charge in [-0.2, -0.15) is 0 Å². The number of aliphatic hydroxyl groups excluding tert-OH is 2. The lowest BCUT2D eigenvalue weighted by Gasteiger charge is -2.50. The summed E-state index contributed by atoms with van der Waals surface area (Å²) in [5.41, 5.74) is 0.814. The van der Waals surface area contributed by atoms with Crippen molar-refractivity contribution in [2.45, 2.75) is 126 Å². The molecule has 3 aliphatic carbocycles. The van der Waals surface area contributed by atoms with E-state index >= 15 is 0 Å². The molecule has 4 aliphatic heterocycles. The van der Waals surface area contributed by atoms with E-state index < -0.39 is 65.5 Å². The van der Waals surface area contributed by atoms with Crippen molar-refractivity contribution in [2.75, 3.05) is 34.0 Å². The molecular formula is C33H50O11. The topological polar surface area (TPSA) is 138 Å². The van der Waals surface area contributed by atoms with Gasteiger partial charge in [0.05, 0.1) is 25.9 Å². The summed E-state index contributed by atoms with van der Waals surface area (Å²) in [5.74, 6) is -1.45. The first kappa shape index (κ1) is 31.6. The minimum Gasteiger partial charge on any atom is -0.390 e. The molecule has 0 amide bonds. The van der Waals surface area contributed by atoms with Crippen molar-refractivity contribution in [3.05, 3.63) is 22.8 Å². The van der Waals surface area contributed by atoms with Crippen molar-refractivity contribution in [1.29, 1.82) is 0 Å². The minimum absolute atomic E-state index is 0.0440. The molecule has 11 nitrogen and oxygen atoms in total. The normalized spacial score (nSPS) is 54.1. The Labute approximate surface area is 259 Å². The summed E-state index contributed by atoms with van der Waals surface area (Å²) in [5, 5.41) is 35.7. The van der Waals surface area contributed by atoms with Gasteiger partial charge in [-0.3, -0.25) is 0 Å². The quantitative estimate of drug-likeness (QED) is 0.271. The van der Waals surface area contributed by atoms with Crippen molar-refractivity contribution >= 4 is 0 Å². The van der Waals surface area contributed by atoms with Crippen LogP contribution in [0.4, 0.5) is 0 Å². The van der Waals surface area contributed by atoms with E-state index in [1.165, 1.54) is 5.57 Å². The van der Waals surface area contributed by atoms with Crippen LogP contribution >= 0.6 is 0 Å². The molecule has 0 radical (unpaired) electrons. The fraction of sp³-hybridized carbons (Fsp3) is 0.879. The highest BCUT2D eigenvalue weighted by molar-refractivity contribution is 5.42. The van der Waals surface area contributed by atoms with Crippen LogP contribution in [-0.4, -0.2) is 116 Å². The molecule has 3 N–H and O–H groups in total. The molecule has 4 heterocycles. The van der Waals surface area contributed by atoms with Crippen LogP contribution in [0.25, 0.3) is 0 Å². The molecule has 11 heteroatoms. The zero-order valence-electron chi connectivity index (χ0n) is 27.0. The first-order chi connectivity index (χ1) is 20.8. The minimum atomic E-state index is -1.38. The van der Waals surface area contributed by atoms with Crippen LogP contribution in [0.15, 0.2) is 22.8 Å². The average Bonchev–Trinajstić information content (AvgIpc) is 3.48. The third kappa shape index (κ3) is 4.49. The fourth-order valence-corrected chi connectivity index (χ4v) is 9.18. The molecule has 0 aromatic carbocycles. The van der Waals surface area contributed by atoms with Gasteiger partial charge in [0.25, 0.3) is 0 Å². The Morgan fingerprint density at radius 3 is 2.48 bits per heavy atom. The summed E-state index contributed by atoms with van der Waals surface area (Å²) in [6.07, 6.45) is -1.41. The molecule has 1 saturated carbocycles. The summed E-state index contributed by atoms with van der Waals surface area (Å²) < 4.78 is 49.0. The third-order valence-corrected chi connectivity index (χ3v) is 11.7. The highest BCUT2D eigenvalue weighted by Crippen LogP contribution is 2.59. The summed E-state index contributed by atoms with van der Waals surface area (Å²) >= 11 is 0. The van der Waals surface area contributed by atoms with Gasteiger partial charge in [0.2, 0.25) is 5.79 Å². The predicted octanol–water partition coefficient (Wildman–Crippen LogP) is 2.21. The van der Waals surface area contributed by atoms with E-state index in [2.05, 4.69) is 26.8 Å². The maximum Gasteiger partial charge on any atom is 0.230 e. The van der Waals surface area contributed by atoms with Gasteiger partial charge in [-0.25, -0.2) is 0 Å². The Balaban J connectivity index is 1.25. The number of allylic oxidation sites excluding steroid dienone is 2. The Kier molecular flexibility index (Phi) is 7.75. The molecule has 14 unspecified atom stereocenters. The molecule has 7 rings (SSSR count). The number of methoxy groups -OCH3 is 2. The molecular weight excluding hydrogens is 572 g/mol. The molecule has 2 bridgehead atoms. The molecule has 7 aliphatic rings. The first-order valence-electron chi connectivity index (χ1n) is 16.3. The number of fused-ring (bicyclic) bond motifs is 3. The van der Waals surface area contributed by atoms with Crippen molar-refractivity contribution in [2.24, 2.45) is 23.2 Å². The second-order valence-corrected chi connectivity index (χ2v) is 14.9. The lowest BCUT2D eigenvalue weighted by Crippen LogP contribution is -2.70. The van der Waals surface area contributed by atoms with E-state index in [0.29, 0.717) is 13.0 Å². The molecule has 4 saturated heterocycles. The summed E-state index contributed by atoms with van der Waals surface area (Å²) in [6, 6.07) is 0. The molecule has 44 heavy (non-hydrogen) atoms. The lowest BCUT2D eigenvalue weighted by atomic mass is 9.68. The smallest absolute Gasteiger partial charge is 0.230 e. The summed E-state index contributed by atoms with van der Waals surface area (Å²) in [7, 11) is 3.19. The van der Waals surface area contributed by atoms with Crippen molar-refractivity contribution in [1.82, 2.24) is 0 Å². The fourth-order valence-electron chi connectivity index (χ4n) is 9.18. The number of rotatable bonds is 8. The van der Waals surface area contributed by atoms with E-state index in [0.717, 1.165) is 30.4 Å². The molecule has 5 fully saturated rings. The van der Waals surface area contributed by atoms with E-state index in [-0.39, 0.29) is 37.1 Å². The van der Waals surface area contributed by atoms with Crippen LogP contribution in [0.5, 0.6) is 0 Å². The maximum atomic E-state index is 12.2. The molecule has 0 aromatic rings. The summed E-state index contributed by atoms with van der Waals surface area (Å²) in [6.45, 7) is 11.3. The zero-order chi connectivity index (χ0) is 31.4. The lowest BCUT2D eigenvalue weighted by molar-refractivity contribution is -0.385. The second kappa shape index (κ2) is 10.8. The number of ether oxygens (including phenoxy) is 8. The zero-order valence-corrected chi connectivity index (χ0v) is 27.0. The standard InChI is InChI=1S/C33H50O11/c1-16(2)18-8-10-30(4)12-20-19(9-11-32(20,36)15-38-7)17(3)24(34)26(23(18)30)41-28-25(35)27-33(22(40-28)13-37-6)43-29(42-27)31(5,44-33)21-14-39-21/h12,16-17,19,21-22,24-29,34-36H,8-11,13-15H2,1-7H3/b20-12+. The van der Waals surface area contributed by atoms with Crippen LogP contribution in [-0.2, 0) is 37.9 Å².